The minimum absolute atomic E-state index is 0.114. The van der Waals surface area contributed by atoms with Crippen LogP contribution in [0.2, 0.25) is 0 Å². The van der Waals surface area contributed by atoms with E-state index in [2.05, 4.69) is 4.98 Å². The summed E-state index contributed by atoms with van der Waals surface area (Å²) in [6, 6.07) is 9.23. The summed E-state index contributed by atoms with van der Waals surface area (Å²) < 4.78 is 16.1. The van der Waals surface area contributed by atoms with Crippen LogP contribution >= 0.6 is 0 Å². The molecule has 3 rings (SSSR count). The molecule has 6 nitrogen and oxygen atoms in total. The highest BCUT2D eigenvalue weighted by atomic mass is 16.5. The molecular weight excluding hydrogens is 334 g/mol. The number of H-pyrrole nitrogens is 1. The normalized spacial score (nSPS) is 10.8. The molecule has 0 spiro atoms. The van der Waals surface area contributed by atoms with E-state index in [4.69, 9.17) is 14.2 Å². The van der Waals surface area contributed by atoms with Crippen molar-refractivity contribution in [3.63, 3.8) is 0 Å². The van der Waals surface area contributed by atoms with Crippen LogP contribution in [0.5, 0.6) is 17.2 Å². The lowest BCUT2D eigenvalue weighted by Gasteiger charge is -2.11. The zero-order valence-corrected chi connectivity index (χ0v) is 15.2. The molecule has 0 atom stereocenters. The average Bonchev–Trinajstić information content (AvgIpc) is 2.99. The molecule has 0 aliphatic rings. The summed E-state index contributed by atoms with van der Waals surface area (Å²) in [5.74, 6) is 1.06. The lowest BCUT2D eigenvalue weighted by Crippen LogP contribution is -2.01. The Bertz CT molecular complexity index is 974. The Balaban J connectivity index is 2.32. The third-order valence-corrected chi connectivity index (χ3v) is 4.43. The van der Waals surface area contributed by atoms with E-state index >= 15 is 0 Å². The summed E-state index contributed by atoms with van der Waals surface area (Å²) in [6.45, 7) is 1.96. The van der Waals surface area contributed by atoms with Gasteiger partial charge >= 0.3 is 5.97 Å². The van der Waals surface area contributed by atoms with Crippen LogP contribution < -0.4 is 14.2 Å². The zero-order chi connectivity index (χ0) is 18.8. The van der Waals surface area contributed by atoms with Crippen molar-refractivity contribution in [1.29, 1.82) is 0 Å². The predicted molar refractivity (Wildman–Crippen MR) is 99.5 cm³/mol. The first-order valence-electron chi connectivity index (χ1n) is 8.11. The fourth-order valence-electron chi connectivity index (χ4n) is 3.18. The molecule has 1 aromatic heterocycles. The molecule has 0 radical (unpaired) electrons. The number of hydrogen-bond donors (Lipinski definition) is 2. The van der Waals surface area contributed by atoms with Gasteiger partial charge in [-0.2, -0.15) is 0 Å². The van der Waals surface area contributed by atoms with E-state index in [0.717, 1.165) is 27.7 Å². The molecule has 6 heteroatoms. The minimum atomic E-state index is -0.903. The van der Waals surface area contributed by atoms with Crippen LogP contribution in [0.1, 0.15) is 11.1 Å². The number of aromatic nitrogens is 1. The van der Waals surface area contributed by atoms with Crippen molar-refractivity contribution in [2.45, 2.75) is 13.3 Å². The Labute approximate surface area is 151 Å². The van der Waals surface area contributed by atoms with Crippen LogP contribution in [0.15, 0.2) is 30.3 Å². The van der Waals surface area contributed by atoms with Crippen LogP contribution in [-0.2, 0) is 11.2 Å². The van der Waals surface area contributed by atoms with Crippen molar-refractivity contribution in [2.24, 2.45) is 0 Å². The minimum Gasteiger partial charge on any atom is -0.497 e. The first-order chi connectivity index (χ1) is 12.5. The number of nitrogens with one attached hydrogen (secondary N) is 1. The smallest absolute Gasteiger partial charge is 0.307 e. The van der Waals surface area contributed by atoms with E-state index in [0.29, 0.717) is 22.8 Å². The van der Waals surface area contributed by atoms with E-state index in [1.54, 1.807) is 27.4 Å². The molecule has 0 unspecified atom stereocenters. The molecule has 0 fully saturated rings. The molecule has 136 valence electrons. The second kappa shape index (κ2) is 7.00. The van der Waals surface area contributed by atoms with Gasteiger partial charge in [-0.05, 0) is 42.3 Å². The fourth-order valence-corrected chi connectivity index (χ4v) is 3.18. The van der Waals surface area contributed by atoms with Crippen molar-refractivity contribution in [2.75, 3.05) is 21.3 Å². The van der Waals surface area contributed by atoms with Gasteiger partial charge in [0, 0.05) is 22.5 Å². The molecule has 0 saturated carbocycles. The number of aliphatic carboxylic acids is 1. The number of fused-ring (bicyclic) bond motifs is 1. The fraction of sp³-hybridized carbons (Fsp3) is 0.250. The Hall–Kier alpha value is -3.15. The number of methoxy groups -OCH3 is 3. The van der Waals surface area contributed by atoms with Crippen LogP contribution in [0, 0.1) is 6.92 Å². The van der Waals surface area contributed by atoms with Gasteiger partial charge in [0.05, 0.1) is 33.4 Å². The molecule has 0 saturated heterocycles. The van der Waals surface area contributed by atoms with Gasteiger partial charge in [-0.1, -0.05) is 0 Å². The second-order valence-corrected chi connectivity index (χ2v) is 5.98. The van der Waals surface area contributed by atoms with E-state index in [9.17, 15) is 9.90 Å². The lowest BCUT2D eigenvalue weighted by atomic mass is 10.0. The number of benzene rings is 2. The Morgan fingerprint density at radius 3 is 2.38 bits per heavy atom. The number of aryl methyl sites for hydroxylation is 1. The molecule has 1 heterocycles. The molecule has 2 N–H and O–H groups in total. The quantitative estimate of drug-likeness (QED) is 0.703. The molecule has 2 aromatic carbocycles. The first kappa shape index (κ1) is 17.7. The maximum Gasteiger partial charge on any atom is 0.307 e. The van der Waals surface area contributed by atoms with Gasteiger partial charge in [-0.3, -0.25) is 4.79 Å². The summed E-state index contributed by atoms with van der Waals surface area (Å²) in [6.07, 6.45) is -0.114. The number of carboxylic acid groups (broad SMARTS) is 1. The van der Waals surface area contributed by atoms with E-state index in [1.165, 1.54) is 0 Å². The summed E-state index contributed by atoms with van der Waals surface area (Å²) in [4.78, 5) is 14.9. The number of rotatable bonds is 6. The molecule has 0 amide bonds. The van der Waals surface area contributed by atoms with Crippen LogP contribution in [0.3, 0.4) is 0 Å². The molecule has 26 heavy (non-hydrogen) atoms. The SMILES string of the molecule is COc1ccc(-c2[nH]c3c(C)cc(OC)cc3c2CC(=O)O)c(OC)c1. The second-order valence-electron chi connectivity index (χ2n) is 5.98. The highest BCUT2D eigenvalue weighted by molar-refractivity contribution is 5.97. The highest BCUT2D eigenvalue weighted by Crippen LogP contribution is 2.39. The van der Waals surface area contributed by atoms with Gasteiger partial charge in [-0.25, -0.2) is 0 Å². The summed E-state index contributed by atoms with van der Waals surface area (Å²) in [5.41, 5.74) is 4.05. The Kier molecular flexibility index (Phi) is 4.75. The van der Waals surface area contributed by atoms with Crippen molar-refractivity contribution < 1.29 is 24.1 Å². The van der Waals surface area contributed by atoms with Crippen molar-refractivity contribution in [3.05, 3.63) is 41.5 Å². The van der Waals surface area contributed by atoms with E-state index in [-0.39, 0.29) is 6.42 Å². The van der Waals surface area contributed by atoms with E-state index in [1.807, 2.05) is 31.2 Å². The van der Waals surface area contributed by atoms with E-state index < -0.39 is 5.97 Å². The van der Waals surface area contributed by atoms with Crippen LogP contribution in [0.25, 0.3) is 22.2 Å². The summed E-state index contributed by atoms with van der Waals surface area (Å²) >= 11 is 0. The largest absolute Gasteiger partial charge is 0.497 e. The number of carbonyl (C=O) groups is 1. The Morgan fingerprint density at radius 2 is 1.77 bits per heavy atom. The summed E-state index contributed by atoms with van der Waals surface area (Å²) in [5, 5.41) is 10.3. The van der Waals surface area contributed by atoms with Gasteiger partial charge in [-0.15, -0.1) is 0 Å². The molecular formula is C20H21NO5. The summed E-state index contributed by atoms with van der Waals surface area (Å²) in [7, 11) is 4.76. The third-order valence-electron chi connectivity index (χ3n) is 4.43. The first-order valence-corrected chi connectivity index (χ1v) is 8.11. The monoisotopic (exact) mass is 355 g/mol. The van der Waals surface area contributed by atoms with Gasteiger partial charge in [0.15, 0.2) is 0 Å². The van der Waals surface area contributed by atoms with Crippen LogP contribution in [-0.4, -0.2) is 37.4 Å². The topological polar surface area (TPSA) is 80.8 Å². The molecule has 0 bridgehead atoms. The molecule has 3 aromatic rings. The molecule has 0 aliphatic carbocycles. The maximum atomic E-state index is 11.5. The number of ether oxygens (including phenoxy) is 3. The third kappa shape index (κ3) is 3.06. The van der Waals surface area contributed by atoms with Crippen LogP contribution in [0.4, 0.5) is 0 Å². The van der Waals surface area contributed by atoms with Gasteiger partial charge in [0.2, 0.25) is 0 Å². The predicted octanol–water partition coefficient (Wildman–Crippen LogP) is 3.80. The standard InChI is InChI=1S/C20H21NO5/c1-11-7-13(25-3)8-15-16(10-18(22)23)20(21-19(11)15)14-6-5-12(24-2)9-17(14)26-4/h5-9,21H,10H2,1-4H3,(H,22,23). The van der Waals surface area contributed by atoms with Crippen molar-refractivity contribution >= 4 is 16.9 Å². The average molecular weight is 355 g/mol. The van der Waals surface area contributed by atoms with Gasteiger partial charge < -0.3 is 24.3 Å². The number of hydrogen-bond acceptors (Lipinski definition) is 4. The van der Waals surface area contributed by atoms with Gasteiger partial charge in [0.1, 0.15) is 17.2 Å². The Morgan fingerprint density at radius 1 is 1.04 bits per heavy atom. The molecule has 0 aliphatic heterocycles. The lowest BCUT2D eigenvalue weighted by molar-refractivity contribution is -0.136. The highest BCUT2D eigenvalue weighted by Gasteiger charge is 2.20. The number of aromatic amines is 1. The van der Waals surface area contributed by atoms with Crippen molar-refractivity contribution in [3.8, 4) is 28.5 Å². The van der Waals surface area contributed by atoms with Gasteiger partial charge in [0.25, 0.3) is 0 Å². The van der Waals surface area contributed by atoms with Crippen molar-refractivity contribution in [1.82, 2.24) is 4.98 Å². The zero-order valence-electron chi connectivity index (χ0n) is 15.2. The maximum absolute atomic E-state index is 11.5. The number of carboxylic acids is 1.